The second-order valence-electron chi connectivity index (χ2n) is 7.60. The van der Waals surface area contributed by atoms with Crippen LogP contribution in [-0.2, 0) is 9.47 Å². The van der Waals surface area contributed by atoms with E-state index in [2.05, 4.69) is 48.5 Å². The zero-order valence-electron chi connectivity index (χ0n) is 19.1. The second-order valence-corrected chi connectivity index (χ2v) is 7.60. The van der Waals surface area contributed by atoms with Crippen LogP contribution in [0.25, 0.3) is 32.7 Å². The van der Waals surface area contributed by atoms with E-state index >= 15 is 0 Å². The molecule has 0 amide bonds. The van der Waals surface area contributed by atoms with Gasteiger partial charge in [0.2, 0.25) is 0 Å². The van der Waals surface area contributed by atoms with Gasteiger partial charge in [-0.2, -0.15) is 0 Å². The number of rotatable bonds is 9. The van der Waals surface area contributed by atoms with Crippen molar-refractivity contribution in [3.8, 4) is 22.6 Å². The van der Waals surface area contributed by atoms with Gasteiger partial charge in [0.05, 0.1) is 0 Å². The summed E-state index contributed by atoms with van der Waals surface area (Å²) in [6, 6.07) is 24.9. The molecule has 4 aromatic rings. The van der Waals surface area contributed by atoms with Gasteiger partial charge >= 0.3 is 0 Å². The van der Waals surface area contributed by atoms with Gasteiger partial charge in [-0.05, 0) is 61.4 Å². The zero-order valence-corrected chi connectivity index (χ0v) is 19.1. The molecule has 0 N–H and O–H groups in total. The maximum Gasteiger partial charge on any atom is 0.196 e. The van der Waals surface area contributed by atoms with Crippen molar-refractivity contribution in [1.82, 2.24) is 0 Å². The summed E-state index contributed by atoms with van der Waals surface area (Å²) in [4.78, 5) is 0. The Bertz CT molecular complexity index is 1110. The molecule has 0 fully saturated rings. The monoisotopic (exact) mass is 430 g/mol. The van der Waals surface area contributed by atoms with E-state index < -0.39 is 0 Å². The van der Waals surface area contributed by atoms with Crippen molar-refractivity contribution >= 4 is 21.5 Å². The van der Waals surface area contributed by atoms with E-state index in [1.54, 1.807) is 0 Å². The molecule has 0 aromatic heterocycles. The van der Waals surface area contributed by atoms with E-state index in [0.717, 1.165) is 44.2 Å². The van der Waals surface area contributed by atoms with Crippen LogP contribution >= 0.6 is 0 Å². The standard InChI is InChI=1S/C28H30O4/c1-5-29-19(3)31-25-17-15-21-11-7-9-13-23(21)27(25)28-24-14-10-8-12-22(24)16-18-26(28)32-20(4)30-6-2/h7-20H,5-6H2,1-4H3. The summed E-state index contributed by atoms with van der Waals surface area (Å²) in [7, 11) is 0. The Labute approximate surface area is 189 Å². The molecule has 0 radical (unpaired) electrons. The minimum atomic E-state index is -0.374. The van der Waals surface area contributed by atoms with Crippen molar-refractivity contribution in [2.45, 2.75) is 40.3 Å². The highest BCUT2D eigenvalue weighted by molar-refractivity contribution is 6.09. The van der Waals surface area contributed by atoms with Gasteiger partial charge in [0.1, 0.15) is 11.5 Å². The van der Waals surface area contributed by atoms with Crippen LogP contribution in [0.1, 0.15) is 27.7 Å². The summed E-state index contributed by atoms with van der Waals surface area (Å²) < 4.78 is 24.0. The third kappa shape index (κ3) is 4.57. The Balaban J connectivity index is 2.00. The maximum atomic E-state index is 6.30. The van der Waals surface area contributed by atoms with Crippen molar-refractivity contribution < 1.29 is 18.9 Å². The summed E-state index contributed by atoms with van der Waals surface area (Å²) in [5.41, 5.74) is 1.98. The zero-order chi connectivity index (χ0) is 22.5. The van der Waals surface area contributed by atoms with Crippen LogP contribution in [-0.4, -0.2) is 25.8 Å². The molecule has 0 heterocycles. The van der Waals surface area contributed by atoms with Gasteiger partial charge in [0.15, 0.2) is 12.6 Å². The Morgan fingerprint density at radius 2 is 0.969 bits per heavy atom. The predicted molar refractivity (Wildman–Crippen MR) is 130 cm³/mol. The van der Waals surface area contributed by atoms with E-state index in [9.17, 15) is 0 Å². The van der Waals surface area contributed by atoms with E-state index in [0.29, 0.717) is 13.2 Å². The number of hydrogen-bond donors (Lipinski definition) is 0. The number of fused-ring (bicyclic) bond motifs is 2. The van der Waals surface area contributed by atoms with Gasteiger partial charge in [0.25, 0.3) is 0 Å². The highest BCUT2D eigenvalue weighted by Crippen LogP contribution is 2.46. The highest BCUT2D eigenvalue weighted by atomic mass is 16.7. The predicted octanol–water partition coefficient (Wildman–Crippen LogP) is 7.18. The third-order valence-corrected chi connectivity index (χ3v) is 5.42. The van der Waals surface area contributed by atoms with Gasteiger partial charge in [0, 0.05) is 24.3 Å². The lowest BCUT2D eigenvalue weighted by molar-refractivity contribution is -0.0622. The van der Waals surface area contributed by atoms with Crippen molar-refractivity contribution in [3.63, 3.8) is 0 Å². The van der Waals surface area contributed by atoms with Crippen LogP contribution in [0.3, 0.4) is 0 Å². The molecular formula is C28H30O4. The topological polar surface area (TPSA) is 36.9 Å². The van der Waals surface area contributed by atoms with Crippen molar-refractivity contribution in [2.75, 3.05) is 13.2 Å². The van der Waals surface area contributed by atoms with Crippen LogP contribution in [0.4, 0.5) is 0 Å². The van der Waals surface area contributed by atoms with Crippen LogP contribution < -0.4 is 9.47 Å². The summed E-state index contributed by atoms with van der Waals surface area (Å²) in [6.45, 7) is 8.93. The summed E-state index contributed by atoms with van der Waals surface area (Å²) in [6.07, 6.45) is -0.747. The van der Waals surface area contributed by atoms with Crippen LogP contribution in [0.5, 0.6) is 11.5 Å². The number of hydrogen-bond acceptors (Lipinski definition) is 4. The fourth-order valence-corrected chi connectivity index (χ4v) is 4.11. The Kier molecular flexibility index (Phi) is 6.93. The first kappa shape index (κ1) is 22.1. The van der Waals surface area contributed by atoms with Crippen LogP contribution in [0, 0.1) is 0 Å². The molecule has 2 unspecified atom stereocenters. The molecule has 166 valence electrons. The average molecular weight is 431 g/mol. The minimum absolute atomic E-state index is 0.374. The molecule has 0 saturated heterocycles. The molecule has 2 atom stereocenters. The molecule has 0 bridgehead atoms. The van der Waals surface area contributed by atoms with Gasteiger partial charge in [-0.15, -0.1) is 0 Å². The largest absolute Gasteiger partial charge is 0.465 e. The third-order valence-electron chi connectivity index (χ3n) is 5.42. The fourth-order valence-electron chi connectivity index (χ4n) is 4.11. The first-order chi connectivity index (χ1) is 15.6. The second kappa shape index (κ2) is 10.0. The Hall–Kier alpha value is -3.08. The Morgan fingerprint density at radius 3 is 1.38 bits per heavy atom. The molecule has 0 spiro atoms. The van der Waals surface area contributed by atoms with Crippen molar-refractivity contribution in [3.05, 3.63) is 72.8 Å². The van der Waals surface area contributed by atoms with Crippen molar-refractivity contribution in [2.24, 2.45) is 0 Å². The van der Waals surface area contributed by atoms with E-state index in [-0.39, 0.29) is 12.6 Å². The van der Waals surface area contributed by atoms with E-state index in [4.69, 9.17) is 18.9 Å². The smallest absolute Gasteiger partial charge is 0.196 e. The van der Waals surface area contributed by atoms with Crippen molar-refractivity contribution in [1.29, 1.82) is 0 Å². The molecule has 4 nitrogen and oxygen atoms in total. The summed E-state index contributed by atoms with van der Waals surface area (Å²) >= 11 is 0. The van der Waals surface area contributed by atoms with E-state index in [1.807, 2.05) is 52.0 Å². The number of ether oxygens (including phenoxy) is 4. The van der Waals surface area contributed by atoms with Gasteiger partial charge < -0.3 is 18.9 Å². The SMILES string of the molecule is CCOC(C)Oc1ccc2ccccc2c1-c1c(OC(C)OCC)ccc2ccccc12. The van der Waals surface area contributed by atoms with Crippen LogP contribution in [0.15, 0.2) is 72.8 Å². The molecule has 0 aliphatic carbocycles. The first-order valence-electron chi connectivity index (χ1n) is 11.2. The van der Waals surface area contributed by atoms with E-state index in [1.165, 1.54) is 0 Å². The average Bonchev–Trinajstić information content (AvgIpc) is 2.79. The summed E-state index contributed by atoms with van der Waals surface area (Å²) in [5, 5.41) is 4.46. The van der Waals surface area contributed by atoms with Gasteiger partial charge in [-0.1, -0.05) is 60.7 Å². The normalized spacial score (nSPS) is 13.2. The molecule has 4 aromatic carbocycles. The molecule has 32 heavy (non-hydrogen) atoms. The Morgan fingerprint density at radius 1 is 0.562 bits per heavy atom. The lowest BCUT2D eigenvalue weighted by Crippen LogP contribution is -2.17. The highest BCUT2D eigenvalue weighted by Gasteiger charge is 2.21. The lowest BCUT2D eigenvalue weighted by Gasteiger charge is -2.23. The number of benzene rings is 4. The maximum absolute atomic E-state index is 6.30. The quantitative estimate of drug-likeness (QED) is 0.264. The molecule has 4 heteroatoms. The minimum Gasteiger partial charge on any atom is -0.465 e. The van der Waals surface area contributed by atoms with Crippen LogP contribution in [0.2, 0.25) is 0 Å². The fraction of sp³-hybridized carbons (Fsp3) is 0.286. The van der Waals surface area contributed by atoms with Gasteiger partial charge in [-0.3, -0.25) is 0 Å². The molecule has 0 saturated carbocycles. The molecular weight excluding hydrogens is 400 g/mol. The van der Waals surface area contributed by atoms with Gasteiger partial charge in [-0.25, -0.2) is 0 Å². The molecule has 0 aliphatic heterocycles. The molecule has 0 aliphatic rings. The summed E-state index contributed by atoms with van der Waals surface area (Å²) in [5.74, 6) is 1.52. The lowest BCUT2D eigenvalue weighted by atomic mass is 9.92. The molecule has 4 rings (SSSR count). The first-order valence-corrected chi connectivity index (χ1v) is 11.2.